The third kappa shape index (κ3) is 4.11. The van der Waals surface area contributed by atoms with Gasteiger partial charge in [-0.3, -0.25) is 4.79 Å². The summed E-state index contributed by atoms with van der Waals surface area (Å²) >= 11 is 5.01. The van der Waals surface area contributed by atoms with Crippen molar-refractivity contribution in [1.29, 1.82) is 0 Å². The second-order valence-corrected chi connectivity index (χ2v) is 5.04. The van der Waals surface area contributed by atoms with Crippen LogP contribution in [0.4, 0.5) is 8.78 Å². The first-order chi connectivity index (χ1) is 8.49. The summed E-state index contributed by atoms with van der Waals surface area (Å²) in [7, 11) is 0. The normalized spacial score (nSPS) is 10.8. The van der Waals surface area contributed by atoms with Crippen molar-refractivity contribution in [2.24, 2.45) is 0 Å². The second kappa shape index (κ2) is 7.32. The molecule has 18 heavy (non-hydrogen) atoms. The zero-order valence-corrected chi connectivity index (χ0v) is 13.3. The van der Waals surface area contributed by atoms with Gasteiger partial charge in [0.15, 0.2) is 0 Å². The summed E-state index contributed by atoms with van der Waals surface area (Å²) in [5.41, 5.74) is 0.608. The van der Waals surface area contributed by atoms with Crippen molar-refractivity contribution in [3.63, 3.8) is 0 Å². The number of pyridine rings is 1. The lowest BCUT2D eigenvalue weighted by atomic mass is 10.1. The lowest BCUT2D eigenvalue weighted by molar-refractivity contribution is -0.142. The number of alkyl halides is 3. The molecule has 0 saturated heterocycles. The van der Waals surface area contributed by atoms with Crippen molar-refractivity contribution in [3.05, 3.63) is 26.6 Å². The highest BCUT2D eigenvalue weighted by Gasteiger charge is 2.19. The first kappa shape index (κ1) is 15.7. The molecule has 1 aromatic heterocycles. The predicted octanol–water partition coefficient (Wildman–Crippen LogP) is 3.62. The molecule has 0 fully saturated rings. The molecule has 0 saturated carbocycles. The van der Waals surface area contributed by atoms with E-state index in [0.717, 1.165) is 0 Å². The van der Waals surface area contributed by atoms with Crippen LogP contribution in [0.2, 0.25) is 0 Å². The number of carbonyl (C=O) groups is 1. The van der Waals surface area contributed by atoms with Crippen LogP contribution < -0.4 is 0 Å². The summed E-state index contributed by atoms with van der Waals surface area (Å²) in [6, 6.07) is 1.33. The van der Waals surface area contributed by atoms with Crippen LogP contribution >= 0.6 is 38.5 Å². The van der Waals surface area contributed by atoms with Crippen molar-refractivity contribution < 1.29 is 18.3 Å². The number of esters is 1. The zero-order chi connectivity index (χ0) is 13.7. The molecule has 0 spiro atoms. The van der Waals surface area contributed by atoms with Gasteiger partial charge >= 0.3 is 5.97 Å². The van der Waals surface area contributed by atoms with Crippen LogP contribution in [0.25, 0.3) is 0 Å². The van der Waals surface area contributed by atoms with Gasteiger partial charge in [-0.05, 0) is 41.1 Å². The van der Waals surface area contributed by atoms with E-state index in [4.69, 9.17) is 4.74 Å². The number of aromatic nitrogens is 1. The van der Waals surface area contributed by atoms with Crippen LogP contribution in [0.5, 0.6) is 0 Å². The average molecular weight is 434 g/mol. The molecule has 100 valence electrons. The monoisotopic (exact) mass is 433 g/mol. The van der Waals surface area contributed by atoms with E-state index in [1.165, 1.54) is 6.07 Å². The van der Waals surface area contributed by atoms with Gasteiger partial charge in [-0.1, -0.05) is 15.9 Å². The number of halogens is 4. The van der Waals surface area contributed by atoms with Crippen LogP contribution in [-0.2, 0) is 21.3 Å². The molecule has 0 atom stereocenters. The predicted molar refractivity (Wildman–Crippen MR) is 74.9 cm³/mol. The third-order valence-electron chi connectivity index (χ3n) is 2.20. The minimum atomic E-state index is -2.59. The maximum Gasteiger partial charge on any atom is 0.311 e. The number of hydrogen-bond donors (Lipinski definition) is 0. The Labute approximate surface area is 126 Å². The highest BCUT2D eigenvalue weighted by molar-refractivity contribution is 14.1. The van der Waals surface area contributed by atoms with Crippen LogP contribution in [0, 0.1) is 3.70 Å². The molecular weight excluding hydrogens is 423 g/mol. The van der Waals surface area contributed by atoms with E-state index >= 15 is 0 Å². The largest absolute Gasteiger partial charge is 0.466 e. The number of rotatable bonds is 5. The molecule has 0 unspecified atom stereocenters. The minimum Gasteiger partial charge on any atom is -0.466 e. The van der Waals surface area contributed by atoms with Gasteiger partial charge in [-0.25, -0.2) is 13.8 Å². The summed E-state index contributed by atoms with van der Waals surface area (Å²) in [5, 5.41) is 0.228. The SMILES string of the molecule is CCOC(=O)Cc1nc(I)cc(C(F)F)c1CBr. The lowest BCUT2D eigenvalue weighted by Crippen LogP contribution is -2.12. The van der Waals surface area contributed by atoms with E-state index in [1.807, 2.05) is 22.6 Å². The van der Waals surface area contributed by atoms with Gasteiger partial charge in [-0.15, -0.1) is 0 Å². The van der Waals surface area contributed by atoms with Crippen LogP contribution in [0.15, 0.2) is 6.07 Å². The fraction of sp³-hybridized carbons (Fsp3) is 0.455. The number of nitrogens with zero attached hydrogens (tertiary/aromatic N) is 1. The molecule has 3 nitrogen and oxygen atoms in total. The number of ether oxygens (including phenoxy) is 1. The summed E-state index contributed by atoms with van der Waals surface area (Å²) in [4.78, 5) is 15.5. The van der Waals surface area contributed by atoms with E-state index in [0.29, 0.717) is 15.0 Å². The fourth-order valence-corrected chi connectivity index (χ4v) is 2.73. The molecule has 0 aliphatic carbocycles. The minimum absolute atomic E-state index is 0.0919. The maximum absolute atomic E-state index is 12.9. The second-order valence-electron chi connectivity index (χ2n) is 3.38. The first-order valence-electron chi connectivity index (χ1n) is 5.17. The Bertz CT molecular complexity index is 443. The third-order valence-corrected chi connectivity index (χ3v) is 3.31. The molecule has 0 bridgehead atoms. The van der Waals surface area contributed by atoms with E-state index in [9.17, 15) is 13.6 Å². The Hall–Kier alpha value is -0.310. The molecule has 0 aromatic carbocycles. The van der Waals surface area contributed by atoms with Gasteiger partial charge in [-0.2, -0.15) is 0 Å². The van der Waals surface area contributed by atoms with Crippen LogP contribution in [0.3, 0.4) is 0 Å². The highest BCUT2D eigenvalue weighted by atomic mass is 127. The molecule has 0 radical (unpaired) electrons. The van der Waals surface area contributed by atoms with Crippen molar-refractivity contribution in [3.8, 4) is 0 Å². The average Bonchev–Trinajstić information content (AvgIpc) is 2.28. The van der Waals surface area contributed by atoms with Crippen molar-refractivity contribution >= 4 is 44.5 Å². The van der Waals surface area contributed by atoms with Gasteiger partial charge in [0.1, 0.15) is 3.70 Å². The number of carbonyl (C=O) groups excluding carboxylic acids is 1. The van der Waals surface area contributed by atoms with Crippen LogP contribution in [0.1, 0.15) is 30.2 Å². The van der Waals surface area contributed by atoms with Crippen molar-refractivity contribution in [2.45, 2.75) is 25.1 Å². The maximum atomic E-state index is 12.9. The first-order valence-corrected chi connectivity index (χ1v) is 7.37. The standard InChI is InChI=1S/C11H11BrF2INO2/c1-2-18-10(17)4-8-7(5-12)6(11(13)14)3-9(15)16-8/h3,11H,2,4-5H2,1H3. The Morgan fingerprint density at radius 2 is 2.28 bits per heavy atom. The topological polar surface area (TPSA) is 39.2 Å². The lowest BCUT2D eigenvalue weighted by Gasteiger charge is -2.12. The van der Waals surface area contributed by atoms with Gasteiger partial charge in [0.25, 0.3) is 6.43 Å². The Morgan fingerprint density at radius 3 is 2.78 bits per heavy atom. The zero-order valence-electron chi connectivity index (χ0n) is 9.55. The van der Waals surface area contributed by atoms with Crippen molar-refractivity contribution in [2.75, 3.05) is 6.61 Å². The Balaban J connectivity index is 3.13. The molecule has 1 aromatic rings. The highest BCUT2D eigenvalue weighted by Crippen LogP contribution is 2.28. The molecular formula is C11H11BrF2INO2. The van der Waals surface area contributed by atoms with Crippen molar-refractivity contribution in [1.82, 2.24) is 4.98 Å². The summed E-state index contributed by atoms with van der Waals surface area (Å²) < 4.78 is 31.0. The quantitative estimate of drug-likeness (QED) is 0.308. The Morgan fingerprint density at radius 1 is 1.61 bits per heavy atom. The van der Waals surface area contributed by atoms with Gasteiger partial charge in [0.2, 0.25) is 0 Å². The molecule has 1 heterocycles. The fourth-order valence-electron chi connectivity index (χ4n) is 1.45. The molecule has 0 aliphatic heterocycles. The van der Waals surface area contributed by atoms with Gasteiger partial charge in [0, 0.05) is 10.9 Å². The van der Waals surface area contributed by atoms with E-state index in [-0.39, 0.29) is 23.9 Å². The molecule has 7 heteroatoms. The smallest absolute Gasteiger partial charge is 0.311 e. The van der Waals surface area contributed by atoms with E-state index in [1.54, 1.807) is 6.92 Å². The van der Waals surface area contributed by atoms with Crippen LogP contribution in [-0.4, -0.2) is 17.6 Å². The summed E-state index contributed by atoms with van der Waals surface area (Å²) in [6.07, 6.45) is -2.68. The van der Waals surface area contributed by atoms with Gasteiger partial charge < -0.3 is 4.74 Å². The molecule has 0 N–H and O–H groups in total. The van der Waals surface area contributed by atoms with E-state index in [2.05, 4.69) is 20.9 Å². The molecule has 0 aliphatic rings. The van der Waals surface area contributed by atoms with Gasteiger partial charge in [0.05, 0.1) is 18.7 Å². The Kier molecular flexibility index (Phi) is 6.40. The molecule has 1 rings (SSSR count). The number of hydrogen-bond acceptors (Lipinski definition) is 3. The summed E-state index contributed by atoms with van der Waals surface area (Å²) in [6.45, 7) is 1.95. The molecule has 0 amide bonds. The summed E-state index contributed by atoms with van der Waals surface area (Å²) in [5.74, 6) is -0.464. The van der Waals surface area contributed by atoms with E-state index < -0.39 is 12.4 Å².